The number of hydrogen-bond donors (Lipinski definition) is 0. The van der Waals surface area contributed by atoms with Crippen LogP contribution in [0.15, 0.2) is 22.8 Å². The Hall–Kier alpha value is -1.62. The Kier molecular flexibility index (Phi) is 3.85. The highest BCUT2D eigenvalue weighted by atomic mass is 16.3. The molecule has 1 saturated carbocycles. The highest BCUT2D eigenvalue weighted by Crippen LogP contribution is 2.48. The summed E-state index contributed by atoms with van der Waals surface area (Å²) in [5, 5.41) is 0. The lowest BCUT2D eigenvalue weighted by Crippen LogP contribution is -2.51. The van der Waals surface area contributed by atoms with Gasteiger partial charge in [0.1, 0.15) is 17.0 Å². The second-order valence-electron chi connectivity index (χ2n) is 6.01. The minimum atomic E-state index is -0.655. The molecule has 2 fully saturated rings. The Bertz CT molecular complexity index is 512. The van der Waals surface area contributed by atoms with Crippen molar-refractivity contribution >= 4 is 11.7 Å². The fraction of sp³-hybridized carbons (Fsp3) is 0.625. The first kappa shape index (κ1) is 14.3. The molecule has 0 unspecified atom stereocenters. The Morgan fingerprint density at radius 1 is 1.24 bits per heavy atom. The standard InChI is InChI=1S/C16H22N2O3/c1-2-14(19)16(5-6-16)15(20)18-9-7-17(8-10-18)12-13-4-3-11-21-13/h3-4,11H,2,5-10,12H2,1H3. The van der Waals surface area contributed by atoms with Crippen molar-refractivity contribution in [1.29, 1.82) is 0 Å². The van der Waals surface area contributed by atoms with E-state index in [4.69, 9.17) is 4.42 Å². The lowest BCUT2D eigenvalue weighted by molar-refractivity contribution is -0.144. The molecule has 1 saturated heterocycles. The fourth-order valence-corrected chi connectivity index (χ4v) is 3.11. The van der Waals surface area contributed by atoms with Crippen LogP contribution in [0.3, 0.4) is 0 Å². The van der Waals surface area contributed by atoms with Crippen molar-refractivity contribution in [1.82, 2.24) is 9.80 Å². The molecule has 1 amide bonds. The number of piperazine rings is 1. The summed E-state index contributed by atoms with van der Waals surface area (Å²) >= 11 is 0. The molecular weight excluding hydrogens is 268 g/mol. The predicted octanol–water partition coefficient (Wildman–Crippen LogP) is 1.68. The van der Waals surface area contributed by atoms with Crippen LogP contribution in [0.4, 0.5) is 0 Å². The van der Waals surface area contributed by atoms with Crippen molar-refractivity contribution in [2.45, 2.75) is 32.7 Å². The third-order valence-electron chi connectivity index (χ3n) is 4.63. The summed E-state index contributed by atoms with van der Waals surface area (Å²) in [7, 11) is 0. The number of furan rings is 1. The number of amides is 1. The van der Waals surface area contributed by atoms with Gasteiger partial charge >= 0.3 is 0 Å². The minimum absolute atomic E-state index is 0.0620. The number of Topliss-reactive ketones (excluding diaryl/α,β-unsaturated/α-hetero) is 1. The van der Waals surface area contributed by atoms with Crippen LogP contribution in [-0.4, -0.2) is 47.7 Å². The van der Waals surface area contributed by atoms with Gasteiger partial charge in [0.05, 0.1) is 12.8 Å². The number of carbonyl (C=O) groups excluding carboxylic acids is 2. The summed E-state index contributed by atoms with van der Waals surface area (Å²) in [6.07, 6.45) is 3.63. The van der Waals surface area contributed by atoms with E-state index in [0.29, 0.717) is 19.5 Å². The lowest BCUT2D eigenvalue weighted by atomic mass is 9.97. The van der Waals surface area contributed by atoms with E-state index in [1.807, 2.05) is 24.0 Å². The molecule has 2 aliphatic rings. The third-order valence-corrected chi connectivity index (χ3v) is 4.63. The molecule has 0 N–H and O–H groups in total. The van der Waals surface area contributed by atoms with Crippen LogP contribution in [0.5, 0.6) is 0 Å². The number of nitrogens with zero attached hydrogens (tertiary/aromatic N) is 2. The second kappa shape index (κ2) is 5.64. The number of hydrogen-bond acceptors (Lipinski definition) is 4. The lowest BCUT2D eigenvalue weighted by Gasteiger charge is -2.36. The topological polar surface area (TPSA) is 53.8 Å². The van der Waals surface area contributed by atoms with E-state index in [2.05, 4.69) is 4.90 Å². The van der Waals surface area contributed by atoms with E-state index >= 15 is 0 Å². The molecule has 0 spiro atoms. The van der Waals surface area contributed by atoms with Crippen molar-refractivity contribution in [2.75, 3.05) is 26.2 Å². The maximum atomic E-state index is 12.6. The van der Waals surface area contributed by atoms with Gasteiger partial charge in [-0.25, -0.2) is 0 Å². The van der Waals surface area contributed by atoms with E-state index < -0.39 is 5.41 Å². The van der Waals surface area contributed by atoms with Crippen molar-refractivity contribution < 1.29 is 14.0 Å². The first-order valence-corrected chi connectivity index (χ1v) is 7.73. The Morgan fingerprint density at radius 2 is 1.95 bits per heavy atom. The summed E-state index contributed by atoms with van der Waals surface area (Å²) in [6, 6.07) is 3.86. The van der Waals surface area contributed by atoms with Crippen LogP contribution in [0.1, 0.15) is 31.9 Å². The number of ketones is 1. The zero-order valence-corrected chi connectivity index (χ0v) is 12.5. The molecule has 21 heavy (non-hydrogen) atoms. The molecular formula is C16H22N2O3. The second-order valence-corrected chi connectivity index (χ2v) is 6.01. The van der Waals surface area contributed by atoms with E-state index in [9.17, 15) is 9.59 Å². The monoisotopic (exact) mass is 290 g/mol. The Morgan fingerprint density at radius 3 is 2.48 bits per heavy atom. The van der Waals surface area contributed by atoms with Crippen molar-refractivity contribution in [3.63, 3.8) is 0 Å². The zero-order valence-electron chi connectivity index (χ0n) is 12.5. The third kappa shape index (κ3) is 2.75. The van der Waals surface area contributed by atoms with Crippen molar-refractivity contribution in [3.05, 3.63) is 24.2 Å². The summed E-state index contributed by atoms with van der Waals surface area (Å²) in [5.41, 5.74) is -0.655. The molecule has 0 atom stereocenters. The number of carbonyl (C=O) groups is 2. The smallest absolute Gasteiger partial charge is 0.236 e. The van der Waals surface area contributed by atoms with E-state index in [-0.39, 0.29) is 11.7 Å². The molecule has 3 rings (SSSR count). The normalized spacial score (nSPS) is 21.3. The predicted molar refractivity (Wildman–Crippen MR) is 77.5 cm³/mol. The van der Waals surface area contributed by atoms with E-state index in [1.54, 1.807) is 6.26 Å². The molecule has 0 radical (unpaired) electrons. The van der Waals surface area contributed by atoms with Crippen molar-refractivity contribution in [3.8, 4) is 0 Å². The molecule has 1 aliphatic heterocycles. The zero-order chi connectivity index (χ0) is 14.9. The SMILES string of the molecule is CCC(=O)C1(C(=O)N2CCN(Cc3ccco3)CC2)CC1. The van der Waals surface area contributed by atoms with Gasteiger partial charge in [0.15, 0.2) is 0 Å². The Balaban J connectivity index is 1.54. The average Bonchev–Trinajstić information content (AvgIpc) is 3.18. The summed E-state index contributed by atoms with van der Waals surface area (Å²) in [4.78, 5) is 28.7. The van der Waals surface area contributed by atoms with Crippen LogP contribution in [-0.2, 0) is 16.1 Å². The quantitative estimate of drug-likeness (QED) is 0.774. The van der Waals surface area contributed by atoms with Crippen LogP contribution in [0.25, 0.3) is 0 Å². The van der Waals surface area contributed by atoms with E-state index in [0.717, 1.165) is 38.2 Å². The first-order valence-electron chi connectivity index (χ1n) is 7.73. The van der Waals surface area contributed by atoms with Gasteiger partial charge in [-0.05, 0) is 25.0 Å². The molecule has 114 valence electrons. The highest BCUT2D eigenvalue weighted by molar-refractivity contribution is 6.08. The molecule has 0 aromatic carbocycles. The van der Waals surface area contributed by atoms with Gasteiger partial charge < -0.3 is 9.32 Å². The van der Waals surface area contributed by atoms with Crippen LogP contribution >= 0.6 is 0 Å². The van der Waals surface area contributed by atoms with E-state index in [1.165, 1.54) is 0 Å². The summed E-state index contributed by atoms with van der Waals surface area (Å²) in [6.45, 7) is 5.72. The summed E-state index contributed by atoms with van der Waals surface area (Å²) in [5.74, 6) is 1.13. The largest absolute Gasteiger partial charge is 0.468 e. The van der Waals surface area contributed by atoms with Crippen LogP contribution < -0.4 is 0 Å². The molecule has 5 heteroatoms. The molecule has 5 nitrogen and oxygen atoms in total. The molecule has 1 aromatic rings. The molecule has 1 aliphatic carbocycles. The van der Waals surface area contributed by atoms with Gasteiger partial charge in [-0.1, -0.05) is 6.92 Å². The fourth-order valence-electron chi connectivity index (χ4n) is 3.11. The summed E-state index contributed by atoms with van der Waals surface area (Å²) < 4.78 is 5.35. The van der Waals surface area contributed by atoms with Gasteiger partial charge in [-0.15, -0.1) is 0 Å². The van der Waals surface area contributed by atoms with Crippen LogP contribution in [0, 0.1) is 5.41 Å². The maximum Gasteiger partial charge on any atom is 0.236 e. The molecule has 1 aromatic heterocycles. The maximum absolute atomic E-state index is 12.6. The molecule has 2 heterocycles. The van der Waals surface area contributed by atoms with Gasteiger partial charge in [-0.2, -0.15) is 0 Å². The Labute approximate surface area is 124 Å². The van der Waals surface area contributed by atoms with Gasteiger partial charge in [-0.3, -0.25) is 14.5 Å². The van der Waals surface area contributed by atoms with Gasteiger partial charge in [0.25, 0.3) is 0 Å². The van der Waals surface area contributed by atoms with Crippen LogP contribution in [0.2, 0.25) is 0 Å². The first-order chi connectivity index (χ1) is 10.2. The van der Waals surface area contributed by atoms with Gasteiger partial charge in [0, 0.05) is 32.6 Å². The molecule has 0 bridgehead atoms. The van der Waals surface area contributed by atoms with Gasteiger partial charge in [0.2, 0.25) is 5.91 Å². The average molecular weight is 290 g/mol. The minimum Gasteiger partial charge on any atom is -0.468 e. The number of rotatable bonds is 5. The highest BCUT2D eigenvalue weighted by Gasteiger charge is 2.56. The van der Waals surface area contributed by atoms with Crippen molar-refractivity contribution in [2.24, 2.45) is 5.41 Å².